The van der Waals surface area contributed by atoms with Crippen molar-refractivity contribution >= 4 is 20.0 Å². The topological polar surface area (TPSA) is 56.8 Å². The highest BCUT2D eigenvalue weighted by Crippen LogP contribution is 2.37. The summed E-state index contributed by atoms with van der Waals surface area (Å²) < 4.78 is 11.4. The second-order valence-electron chi connectivity index (χ2n) is 9.92. The van der Waals surface area contributed by atoms with Gasteiger partial charge in [0.2, 0.25) is 0 Å². The van der Waals surface area contributed by atoms with Gasteiger partial charge in [-0.3, -0.25) is 10.3 Å². The van der Waals surface area contributed by atoms with E-state index in [4.69, 9.17) is 14.0 Å². The molecule has 0 aliphatic rings. The maximum atomic E-state index is 11.7. The number of ether oxygens (including phenoxy) is 1. The lowest BCUT2D eigenvalue weighted by atomic mass is 10.1. The number of esters is 1. The highest BCUT2D eigenvalue weighted by atomic mass is 28.4. The zero-order chi connectivity index (χ0) is 24.0. The van der Waals surface area contributed by atoms with Crippen LogP contribution >= 0.6 is 0 Å². The fraction of sp³-hybridized carbons (Fsp3) is 0.654. The standard InChI is InChI=1S/C26H45NO4Si/c1-8-29-25(28)21-20-24(30-27-23-17-13-11-14-18-23)19-15-10-9-12-16-22(2)31-32(6,7)26(3,4)5/h11,13-14,17-18,20-22,24,27H,8-10,12,15-16,19H2,1-7H3/b21-20+/t22-,24+/m1/s1. The smallest absolute Gasteiger partial charge is 0.330 e. The molecule has 0 amide bonds. The molecule has 6 heteroatoms. The van der Waals surface area contributed by atoms with E-state index in [2.05, 4.69) is 46.3 Å². The summed E-state index contributed by atoms with van der Waals surface area (Å²) in [6.45, 7) is 15.9. The fourth-order valence-electron chi connectivity index (χ4n) is 3.09. The van der Waals surface area contributed by atoms with Crippen molar-refractivity contribution in [2.24, 2.45) is 0 Å². The molecule has 0 fully saturated rings. The minimum Gasteiger partial charge on any atom is -0.463 e. The monoisotopic (exact) mass is 463 g/mol. The van der Waals surface area contributed by atoms with Gasteiger partial charge in [0.1, 0.15) is 6.10 Å². The Morgan fingerprint density at radius 2 is 1.69 bits per heavy atom. The summed E-state index contributed by atoms with van der Waals surface area (Å²) in [4.78, 5) is 17.5. The van der Waals surface area contributed by atoms with Gasteiger partial charge in [0, 0.05) is 12.2 Å². The van der Waals surface area contributed by atoms with Crippen molar-refractivity contribution in [3.05, 3.63) is 42.5 Å². The van der Waals surface area contributed by atoms with Gasteiger partial charge in [0.15, 0.2) is 8.32 Å². The van der Waals surface area contributed by atoms with Gasteiger partial charge >= 0.3 is 5.97 Å². The normalized spacial score (nSPS) is 14.3. The summed E-state index contributed by atoms with van der Waals surface area (Å²) in [6.07, 6.45) is 9.81. The minimum absolute atomic E-state index is 0.194. The van der Waals surface area contributed by atoms with Crippen molar-refractivity contribution in [1.29, 1.82) is 0 Å². The average molecular weight is 464 g/mol. The van der Waals surface area contributed by atoms with Crippen LogP contribution in [0.4, 0.5) is 5.69 Å². The molecule has 0 spiro atoms. The lowest BCUT2D eigenvalue weighted by molar-refractivity contribution is -0.137. The van der Waals surface area contributed by atoms with Gasteiger partial charge in [-0.25, -0.2) is 4.79 Å². The number of anilines is 1. The fourth-order valence-corrected chi connectivity index (χ4v) is 4.57. The summed E-state index contributed by atoms with van der Waals surface area (Å²) >= 11 is 0. The first-order chi connectivity index (χ1) is 15.0. The van der Waals surface area contributed by atoms with Crippen LogP contribution in [0.25, 0.3) is 0 Å². The van der Waals surface area contributed by atoms with Crippen molar-refractivity contribution in [1.82, 2.24) is 0 Å². The second-order valence-corrected chi connectivity index (χ2v) is 14.7. The third-order valence-corrected chi connectivity index (χ3v) is 10.6. The number of carbonyl (C=O) groups is 1. The summed E-state index contributed by atoms with van der Waals surface area (Å²) in [6, 6.07) is 9.75. The van der Waals surface area contributed by atoms with Crippen LogP contribution in [0, 0.1) is 0 Å². The minimum atomic E-state index is -1.69. The third-order valence-electron chi connectivity index (χ3n) is 5.99. The van der Waals surface area contributed by atoms with Crippen molar-refractivity contribution in [3.8, 4) is 0 Å². The predicted octanol–water partition coefficient (Wildman–Crippen LogP) is 7.27. The van der Waals surface area contributed by atoms with E-state index in [0.29, 0.717) is 12.7 Å². The highest BCUT2D eigenvalue weighted by molar-refractivity contribution is 6.74. The lowest BCUT2D eigenvalue weighted by Crippen LogP contribution is -2.43. The van der Waals surface area contributed by atoms with Gasteiger partial charge in [0.25, 0.3) is 0 Å². The zero-order valence-corrected chi connectivity index (χ0v) is 22.3. The first-order valence-corrected chi connectivity index (χ1v) is 15.0. The molecule has 2 atom stereocenters. The molecule has 0 aliphatic heterocycles. The Kier molecular flexibility index (Phi) is 12.9. The van der Waals surface area contributed by atoms with Crippen LogP contribution in [0.1, 0.15) is 73.1 Å². The van der Waals surface area contributed by atoms with Gasteiger partial charge in [0.05, 0.1) is 12.3 Å². The quantitative estimate of drug-likeness (QED) is 0.0974. The first-order valence-electron chi connectivity index (χ1n) is 12.0. The number of para-hydroxylation sites is 1. The Morgan fingerprint density at radius 1 is 1.06 bits per heavy atom. The maximum Gasteiger partial charge on any atom is 0.330 e. The Bertz CT molecular complexity index is 670. The molecule has 0 unspecified atom stereocenters. The van der Waals surface area contributed by atoms with Crippen LogP contribution in [0.5, 0.6) is 0 Å². The molecule has 1 aromatic rings. The van der Waals surface area contributed by atoms with E-state index in [1.54, 1.807) is 13.0 Å². The van der Waals surface area contributed by atoms with Crippen LogP contribution in [0.3, 0.4) is 0 Å². The highest BCUT2D eigenvalue weighted by Gasteiger charge is 2.38. The van der Waals surface area contributed by atoms with Crippen LogP contribution in [-0.4, -0.2) is 33.1 Å². The molecule has 0 saturated heterocycles. The molecule has 5 nitrogen and oxygen atoms in total. The Labute approximate surface area is 197 Å². The van der Waals surface area contributed by atoms with Gasteiger partial charge in [-0.2, -0.15) is 0 Å². The molecular weight excluding hydrogens is 418 g/mol. The number of benzene rings is 1. The maximum absolute atomic E-state index is 11.7. The van der Waals surface area contributed by atoms with E-state index in [9.17, 15) is 4.79 Å². The molecule has 0 saturated carbocycles. The Hall–Kier alpha value is -1.63. The van der Waals surface area contributed by atoms with Crippen LogP contribution in [-0.2, 0) is 18.8 Å². The zero-order valence-electron chi connectivity index (χ0n) is 21.3. The molecule has 1 aromatic carbocycles. The molecule has 0 aliphatic carbocycles. The number of hydrogen-bond donors (Lipinski definition) is 1. The lowest BCUT2D eigenvalue weighted by Gasteiger charge is -2.38. The summed E-state index contributed by atoms with van der Waals surface area (Å²) in [7, 11) is -1.69. The summed E-state index contributed by atoms with van der Waals surface area (Å²) in [5, 5.41) is 0.251. The molecule has 182 valence electrons. The number of carbonyl (C=O) groups excluding carboxylic acids is 1. The summed E-state index contributed by atoms with van der Waals surface area (Å²) in [5.41, 5.74) is 3.87. The molecule has 0 bridgehead atoms. The molecule has 0 radical (unpaired) electrons. The molecule has 1 rings (SSSR count). The molecular formula is C26H45NO4Si. The van der Waals surface area contributed by atoms with E-state index in [-0.39, 0.29) is 17.1 Å². The second kappa shape index (κ2) is 14.5. The van der Waals surface area contributed by atoms with E-state index >= 15 is 0 Å². The SMILES string of the molecule is CCOC(=O)/C=C/[C@H](CCCCCC[C@@H](C)O[Si](C)(C)C(C)(C)C)ONc1ccccc1. The summed E-state index contributed by atoms with van der Waals surface area (Å²) in [5.74, 6) is -0.337. The van der Waals surface area contributed by atoms with Crippen LogP contribution in [0.15, 0.2) is 42.5 Å². The van der Waals surface area contributed by atoms with E-state index in [1.165, 1.54) is 18.9 Å². The molecule has 0 heterocycles. The van der Waals surface area contributed by atoms with Gasteiger partial charge < -0.3 is 9.16 Å². The molecule has 1 N–H and O–H groups in total. The van der Waals surface area contributed by atoms with E-state index in [1.807, 2.05) is 30.3 Å². The van der Waals surface area contributed by atoms with Gasteiger partial charge in [-0.1, -0.05) is 64.7 Å². The van der Waals surface area contributed by atoms with Crippen molar-refractivity contribution in [3.63, 3.8) is 0 Å². The molecule has 0 aromatic heterocycles. The van der Waals surface area contributed by atoms with Crippen molar-refractivity contribution < 1.29 is 18.8 Å². The van der Waals surface area contributed by atoms with E-state index < -0.39 is 8.32 Å². The number of hydrogen-bond acceptors (Lipinski definition) is 5. The number of nitrogens with one attached hydrogen (secondary N) is 1. The molecule has 32 heavy (non-hydrogen) atoms. The van der Waals surface area contributed by atoms with Gasteiger partial charge in [-0.15, -0.1) is 0 Å². The van der Waals surface area contributed by atoms with Crippen LogP contribution in [0.2, 0.25) is 18.1 Å². The van der Waals surface area contributed by atoms with Crippen LogP contribution < -0.4 is 5.48 Å². The van der Waals surface area contributed by atoms with E-state index in [0.717, 1.165) is 31.4 Å². The average Bonchev–Trinajstić information content (AvgIpc) is 2.71. The Balaban J connectivity index is 2.38. The third kappa shape index (κ3) is 11.8. The number of rotatable bonds is 15. The van der Waals surface area contributed by atoms with Crippen molar-refractivity contribution in [2.75, 3.05) is 12.1 Å². The van der Waals surface area contributed by atoms with Crippen molar-refractivity contribution in [2.45, 2.75) is 103 Å². The van der Waals surface area contributed by atoms with Gasteiger partial charge in [-0.05, 0) is 63.0 Å². The predicted molar refractivity (Wildman–Crippen MR) is 136 cm³/mol. The largest absolute Gasteiger partial charge is 0.463 e. The number of unbranched alkanes of at least 4 members (excludes halogenated alkanes) is 3. The Morgan fingerprint density at radius 3 is 2.28 bits per heavy atom. The first kappa shape index (κ1) is 28.4.